The van der Waals surface area contributed by atoms with Crippen LogP contribution in [0.4, 0.5) is 0 Å². The Kier molecular flexibility index (Phi) is 7.88. The summed E-state index contributed by atoms with van der Waals surface area (Å²) >= 11 is 12.3. The molecule has 0 aliphatic heterocycles. The van der Waals surface area contributed by atoms with Crippen LogP contribution in [0.2, 0.25) is 10.0 Å². The molecular weight excluding hydrogens is 479 g/mol. The highest BCUT2D eigenvalue weighted by Crippen LogP contribution is 2.34. The summed E-state index contributed by atoms with van der Waals surface area (Å²) in [6.45, 7) is 5.46. The zero-order valence-corrected chi connectivity index (χ0v) is 21.1. The summed E-state index contributed by atoms with van der Waals surface area (Å²) in [5.41, 5.74) is 1.82. The summed E-state index contributed by atoms with van der Waals surface area (Å²) in [6.07, 6.45) is 0.522. The van der Waals surface area contributed by atoms with Crippen LogP contribution < -0.4 is 4.74 Å². The predicted octanol–water partition coefficient (Wildman–Crippen LogP) is 6.46. The summed E-state index contributed by atoms with van der Waals surface area (Å²) in [4.78, 5) is 12.8. The van der Waals surface area contributed by atoms with Gasteiger partial charge in [0.1, 0.15) is 17.1 Å². The number of hydrogen-bond donors (Lipinski definition) is 0. The number of hydrogen-bond acceptors (Lipinski definition) is 4. The van der Waals surface area contributed by atoms with Gasteiger partial charge in [-0.1, -0.05) is 60.5 Å². The predicted molar refractivity (Wildman–Crippen MR) is 133 cm³/mol. The van der Waals surface area contributed by atoms with Crippen molar-refractivity contribution in [1.82, 2.24) is 0 Å². The molecule has 0 aliphatic rings. The average molecular weight is 505 g/mol. The number of benzene rings is 3. The molecule has 0 saturated heterocycles. The van der Waals surface area contributed by atoms with Crippen molar-refractivity contribution in [1.29, 1.82) is 0 Å². The number of carbonyl (C=O) groups is 1. The van der Waals surface area contributed by atoms with E-state index in [4.69, 9.17) is 27.9 Å². The van der Waals surface area contributed by atoms with E-state index in [0.29, 0.717) is 15.8 Å². The molecule has 0 bridgehead atoms. The second kappa shape index (κ2) is 10.3. The standard InChI is InChI=1S/C26H26Cl2O4S/c1-4-33(30,31)23-12-7-19(8-13-23)16-21(29)15-18-5-10-22(11-6-18)32-26(2,3)24-14-9-20(27)17-25(24)28/h5-14,17H,4,15-16H2,1-3H3. The summed E-state index contributed by atoms with van der Waals surface area (Å²) in [7, 11) is -3.24. The molecule has 33 heavy (non-hydrogen) atoms. The van der Waals surface area contributed by atoms with Gasteiger partial charge in [0.05, 0.1) is 10.6 Å². The van der Waals surface area contributed by atoms with E-state index in [2.05, 4.69) is 0 Å². The zero-order chi connectivity index (χ0) is 24.2. The van der Waals surface area contributed by atoms with Gasteiger partial charge in [-0.3, -0.25) is 4.79 Å². The zero-order valence-electron chi connectivity index (χ0n) is 18.8. The van der Waals surface area contributed by atoms with Gasteiger partial charge in [0.15, 0.2) is 9.84 Å². The maximum atomic E-state index is 12.5. The summed E-state index contributed by atoms with van der Waals surface area (Å²) < 4.78 is 30.0. The first-order valence-corrected chi connectivity index (χ1v) is 13.0. The molecule has 0 saturated carbocycles. The minimum atomic E-state index is -3.24. The molecule has 3 rings (SSSR count). The Morgan fingerprint density at radius 1 is 0.879 bits per heavy atom. The molecule has 0 atom stereocenters. The first kappa shape index (κ1) is 25.3. The largest absolute Gasteiger partial charge is 0.483 e. The lowest BCUT2D eigenvalue weighted by atomic mass is 9.97. The summed E-state index contributed by atoms with van der Waals surface area (Å²) in [5, 5.41) is 1.10. The molecule has 0 fully saturated rings. The van der Waals surface area contributed by atoms with E-state index in [1.54, 1.807) is 43.3 Å². The molecule has 0 radical (unpaired) electrons. The van der Waals surface area contributed by atoms with Crippen LogP contribution in [0.25, 0.3) is 0 Å². The number of carbonyl (C=O) groups excluding carboxylic acids is 1. The first-order chi connectivity index (χ1) is 15.5. The third kappa shape index (κ3) is 6.59. The SMILES string of the molecule is CCS(=O)(=O)c1ccc(CC(=O)Cc2ccc(OC(C)(C)c3ccc(Cl)cc3Cl)cc2)cc1. The van der Waals surface area contributed by atoms with Crippen LogP contribution in [-0.4, -0.2) is 20.0 Å². The molecule has 4 nitrogen and oxygen atoms in total. The number of ether oxygens (including phenoxy) is 1. The number of halogens is 2. The van der Waals surface area contributed by atoms with E-state index in [0.717, 1.165) is 16.7 Å². The van der Waals surface area contributed by atoms with Gasteiger partial charge in [-0.05, 0) is 61.4 Å². The molecular formula is C26H26Cl2O4S. The van der Waals surface area contributed by atoms with E-state index in [1.807, 2.05) is 44.2 Å². The van der Waals surface area contributed by atoms with Gasteiger partial charge in [0.25, 0.3) is 0 Å². The summed E-state index contributed by atoms with van der Waals surface area (Å²) in [6, 6.07) is 19.2. The molecule has 174 valence electrons. The third-order valence-corrected chi connectivity index (χ3v) is 7.64. The molecule has 7 heteroatoms. The Balaban J connectivity index is 1.61. The Bertz CT molecular complexity index is 1230. The van der Waals surface area contributed by atoms with Gasteiger partial charge in [-0.15, -0.1) is 0 Å². The molecule has 0 amide bonds. The summed E-state index contributed by atoms with van der Waals surface area (Å²) in [5.74, 6) is 0.757. The lowest BCUT2D eigenvalue weighted by molar-refractivity contribution is -0.117. The molecule has 0 heterocycles. The van der Waals surface area contributed by atoms with Gasteiger partial charge in [0, 0.05) is 28.5 Å². The lowest BCUT2D eigenvalue weighted by Gasteiger charge is -2.28. The van der Waals surface area contributed by atoms with Crippen molar-refractivity contribution in [2.75, 3.05) is 5.75 Å². The minimum absolute atomic E-state index is 0.0445. The first-order valence-electron chi connectivity index (χ1n) is 10.6. The van der Waals surface area contributed by atoms with E-state index in [9.17, 15) is 13.2 Å². The van der Waals surface area contributed by atoms with Gasteiger partial charge in [-0.25, -0.2) is 8.42 Å². The van der Waals surface area contributed by atoms with Crippen molar-refractivity contribution in [3.05, 3.63) is 93.5 Å². The van der Waals surface area contributed by atoms with Crippen LogP contribution in [0.1, 0.15) is 37.5 Å². The molecule has 0 spiro atoms. The van der Waals surface area contributed by atoms with E-state index < -0.39 is 15.4 Å². The monoisotopic (exact) mass is 504 g/mol. The second-order valence-electron chi connectivity index (χ2n) is 8.32. The van der Waals surface area contributed by atoms with Crippen molar-refractivity contribution in [3.8, 4) is 5.75 Å². The van der Waals surface area contributed by atoms with E-state index in [-0.39, 0.29) is 29.3 Å². The Labute approximate surface area is 205 Å². The average Bonchev–Trinajstić information content (AvgIpc) is 2.75. The highest BCUT2D eigenvalue weighted by molar-refractivity contribution is 7.91. The quantitative estimate of drug-likeness (QED) is 0.335. The van der Waals surface area contributed by atoms with Gasteiger partial charge in [0.2, 0.25) is 0 Å². The van der Waals surface area contributed by atoms with Crippen molar-refractivity contribution >= 4 is 38.8 Å². The van der Waals surface area contributed by atoms with Crippen LogP contribution in [0, 0.1) is 0 Å². The van der Waals surface area contributed by atoms with Crippen LogP contribution in [0.15, 0.2) is 71.6 Å². The Morgan fingerprint density at radius 2 is 1.42 bits per heavy atom. The second-order valence-corrected chi connectivity index (χ2v) is 11.4. The Hall–Kier alpha value is -2.34. The van der Waals surface area contributed by atoms with Crippen LogP contribution in [-0.2, 0) is 33.1 Å². The maximum Gasteiger partial charge on any atom is 0.178 e. The smallest absolute Gasteiger partial charge is 0.178 e. The van der Waals surface area contributed by atoms with Crippen molar-refractivity contribution in [2.24, 2.45) is 0 Å². The number of Topliss-reactive ketones (excluding diaryl/α,β-unsaturated/α-hetero) is 1. The fraction of sp³-hybridized carbons (Fsp3) is 0.269. The van der Waals surface area contributed by atoms with E-state index >= 15 is 0 Å². The van der Waals surface area contributed by atoms with Crippen molar-refractivity contribution in [2.45, 2.75) is 44.1 Å². The number of rotatable bonds is 9. The molecule has 0 unspecified atom stereocenters. The number of ketones is 1. The van der Waals surface area contributed by atoms with Gasteiger partial charge < -0.3 is 4.74 Å². The van der Waals surface area contributed by atoms with Crippen LogP contribution in [0.5, 0.6) is 5.75 Å². The normalized spacial score (nSPS) is 11.9. The lowest BCUT2D eigenvalue weighted by Crippen LogP contribution is -2.25. The minimum Gasteiger partial charge on any atom is -0.483 e. The van der Waals surface area contributed by atoms with Crippen LogP contribution in [0.3, 0.4) is 0 Å². The maximum absolute atomic E-state index is 12.5. The van der Waals surface area contributed by atoms with Crippen molar-refractivity contribution < 1.29 is 17.9 Å². The third-order valence-electron chi connectivity index (χ3n) is 5.34. The molecule has 3 aromatic rings. The van der Waals surface area contributed by atoms with Crippen molar-refractivity contribution in [3.63, 3.8) is 0 Å². The molecule has 0 aromatic heterocycles. The van der Waals surface area contributed by atoms with Gasteiger partial charge >= 0.3 is 0 Å². The highest BCUT2D eigenvalue weighted by Gasteiger charge is 2.25. The fourth-order valence-electron chi connectivity index (χ4n) is 3.50. The molecule has 0 aliphatic carbocycles. The van der Waals surface area contributed by atoms with E-state index in [1.165, 1.54) is 0 Å². The topological polar surface area (TPSA) is 60.4 Å². The molecule has 3 aromatic carbocycles. The van der Waals surface area contributed by atoms with Crippen LogP contribution >= 0.6 is 23.2 Å². The Morgan fingerprint density at radius 3 is 1.94 bits per heavy atom. The highest BCUT2D eigenvalue weighted by atomic mass is 35.5. The number of sulfone groups is 1. The fourth-order valence-corrected chi connectivity index (χ4v) is 5.02. The molecule has 0 N–H and O–H groups in total. The van der Waals surface area contributed by atoms with Gasteiger partial charge in [-0.2, -0.15) is 0 Å².